The van der Waals surface area contributed by atoms with Crippen LogP contribution in [-0.4, -0.2) is 36.9 Å². The van der Waals surface area contributed by atoms with E-state index in [2.05, 4.69) is 5.32 Å². The normalized spacial score (nSPS) is 19.8. The Bertz CT molecular complexity index is 699. The Morgan fingerprint density at radius 1 is 1.29 bits per heavy atom. The highest BCUT2D eigenvalue weighted by atomic mass is 16.2. The van der Waals surface area contributed by atoms with Crippen molar-refractivity contribution in [2.24, 2.45) is 5.92 Å². The van der Waals surface area contributed by atoms with E-state index < -0.39 is 0 Å². The number of fused-ring (bicyclic) bond motifs is 1. The number of benzene rings is 1. The van der Waals surface area contributed by atoms with Gasteiger partial charge >= 0.3 is 0 Å². The number of carbonyl (C=O) groups excluding carboxylic acids is 3. The molecule has 0 radical (unpaired) electrons. The van der Waals surface area contributed by atoms with Crippen LogP contribution in [0.2, 0.25) is 0 Å². The van der Waals surface area contributed by atoms with E-state index in [0.29, 0.717) is 13.1 Å². The van der Waals surface area contributed by atoms with Gasteiger partial charge in [-0.1, -0.05) is 0 Å². The summed E-state index contributed by atoms with van der Waals surface area (Å²) in [6.45, 7) is 6.47. The second-order valence-electron chi connectivity index (χ2n) is 6.80. The van der Waals surface area contributed by atoms with Crippen LogP contribution in [0.3, 0.4) is 0 Å². The van der Waals surface area contributed by atoms with Gasteiger partial charge in [0.25, 0.3) is 0 Å². The number of hydrogen-bond acceptors (Lipinski definition) is 3. The fraction of sp³-hybridized carbons (Fsp3) is 0.500. The molecule has 6 heteroatoms. The van der Waals surface area contributed by atoms with E-state index in [1.165, 1.54) is 0 Å². The highest BCUT2D eigenvalue weighted by Gasteiger charge is 2.35. The first-order chi connectivity index (χ1) is 11.4. The highest BCUT2D eigenvalue weighted by Crippen LogP contribution is 2.34. The van der Waals surface area contributed by atoms with E-state index in [4.69, 9.17) is 0 Å². The molecule has 0 saturated carbocycles. The Kier molecular flexibility index (Phi) is 4.30. The van der Waals surface area contributed by atoms with E-state index in [1.807, 2.05) is 32.0 Å². The summed E-state index contributed by atoms with van der Waals surface area (Å²) in [5.74, 6) is -0.365. The van der Waals surface area contributed by atoms with E-state index in [9.17, 15) is 14.4 Å². The van der Waals surface area contributed by atoms with Crippen LogP contribution < -0.4 is 15.1 Å². The molecule has 1 N–H and O–H groups in total. The van der Waals surface area contributed by atoms with Crippen LogP contribution in [-0.2, 0) is 20.8 Å². The fourth-order valence-corrected chi connectivity index (χ4v) is 3.42. The Labute approximate surface area is 141 Å². The van der Waals surface area contributed by atoms with Crippen LogP contribution in [0.4, 0.5) is 11.4 Å². The lowest BCUT2D eigenvalue weighted by atomic mass is 10.1. The van der Waals surface area contributed by atoms with Gasteiger partial charge in [-0.25, -0.2) is 0 Å². The average Bonchev–Trinajstić information content (AvgIpc) is 3.09. The van der Waals surface area contributed by atoms with E-state index >= 15 is 0 Å². The number of nitrogens with one attached hydrogen (secondary N) is 1. The van der Waals surface area contributed by atoms with Crippen LogP contribution in [0.5, 0.6) is 0 Å². The minimum absolute atomic E-state index is 0.0275. The van der Waals surface area contributed by atoms with Crippen molar-refractivity contribution in [1.82, 2.24) is 5.32 Å². The lowest BCUT2D eigenvalue weighted by Crippen LogP contribution is -2.36. The Hall–Kier alpha value is -2.37. The molecule has 1 aromatic carbocycles. The van der Waals surface area contributed by atoms with Crippen LogP contribution >= 0.6 is 0 Å². The molecule has 0 unspecified atom stereocenters. The first kappa shape index (κ1) is 16.5. The van der Waals surface area contributed by atoms with Gasteiger partial charge in [-0.15, -0.1) is 0 Å². The molecule has 0 spiro atoms. The zero-order chi connectivity index (χ0) is 17.4. The first-order valence-electron chi connectivity index (χ1n) is 8.38. The number of nitrogens with zero attached hydrogens (tertiary/aromatic N) is 2. The molecular formula is C18H23N3O3. The minimum Gasteiger partial charge on any atom is -0.354 e. The second-order valence-corrected chi connectivity index (χ2v) is 6.80. The molecule has 2 aliphatic heterocycles. The molecule has 3 amide bonds. The molecule has 1 atom stereocenters. The van der Waals surface area contributed by atoms with Crippen molar-refractivity contribution in [3.8, 4) is 0 Å². The van der Waals surface area contributed by atoms with Gasteiger partial charge in [0.2, 0.25) is 17.7 Å². The number of rotatable bonds is 3. The van der Waals surface area contributed by atoms with Crippen molar-refractivity contribution < 1.29 is 14.4 Å². The molecule has 1 fully saturated rings. The van der Waals surface area contributed by atoms with Gasteiger partial charge in [-0.2, -0.15) is 0 Å². The zero-order valence-corrected chi connectivity index (χ0v) is 14.3. The van der Waals surface area contributed by atoms with Gasteiger partial charge in [0.15, 0.2) is 0 Å². The summed E-state index contributed by atoms with van der Waals surface area (Å²) < 4.78 is 0. The van der Waals surface area contributed by atoms with Gasteiger partial charge in [0, 0.05) is 43.9 Å². The summed E-state index contributed by atoms with van der Waals surface area (Å²) in [4.78, 5) is 39.5. The zero-order valence-electron chi connectivity index (χ0n) is 14.3. The maximum atomic E-state index is 12.3. The maximum Gasteiger partial charge on any atom is 0.227 e. The smallest absolute Gasteiger partial charge is 0.227 e. The summed E-state index contributed by atoms with van der Waals surface area (Å²) in [6, 6.07) is 5.80. The number of amides is 3. The van der Waals surface area contributed by atoms with Crippen molar-refractivity contribution in [2.45, 2.75) is 39.7 Å². The van der Waals surface area contributed by atoms with Crippen LogP contribution in [0.15, 0.2) is 18.2 Å². The largest absolute Gasteiger partial charge is 0.354 e. The van der Waals surface area contributed by atoms with Crippen molar-refractivity contribution in [3.05, 3.63) is 23.8 Å². The molecule has 0 bridgehead atoms. The van der Waals surface area contributed by atoms with Crippen LogP contribution in [0.25, 0.3) is 0 Å². The molecule has 24 heavy (non-hydrogen) atoms. The molecule has 3 rings (SSSR count). The van der Waals surface area contributed by atoms with E-state index in [-0.39, 0.29) is 36.1 Å². The SMILES string of the molecule is CC(=O)N1CCc2cc(N3C[C@@H](C(=O)NC(C)C)CC3=O)ccc21. The standard InChI is InChI=1S/C18H23N3O3/c1-11(2)19-18(24)14-9-17(23)21(10-14)15-4-5-16-13(8-15)6-7-20(16)12(3)22/h4-5,8,11,14H,6-7,9-10H2,1-3H3,(H,19,24)/t14-/m0/s1. The summed E-state index contributed by atoms with van der Waals surface area (Å²) in [5, 5.41) is 2.88. The van der Waals surface area contributed by atoms with Crippen molar-refractivity contribution >= 4 is 29.1 Å². The molecule has 0 aliphatic carbocycles. The number of anilines is 2. The van der Waals surface area contributed by atoms with Gasteiger partial charge in [0.05, 0.1) is 5.92 Å². The molecule has 1 aromatic rings. The topological polar surface area (TPSA) is 69.7 Å². The summed E-state index contributed by atoms with van der Waals surface area (Å²) in [5.41, 5.74) is 2.81. The fourth-order valence-electron chi connectivity index (χ4n) is 3.42. The van der Waals surface area contributed by atoms with Crippen molar-refractivity contribution in [1.29, 1.82) is 0 Å². The summed E-state index contributed by atoms with van der Waals surface area (Å²) >= 11 is 0. The lowest BCUT2D eigenvalue weighted by Gasteiger charge is -2.19. The Balaban J connectivity index is 1.77. The third kappa shape index (κ3) is 3.00. The second kappa shape index (κ2) is 6.26. The van der Waals surface area contributed by atoms with Crippen molar-refractivity contribution in [3.63, 3.8) is 0 Å². The lowest BCUT2D eigenvalue weighted by molar-refractivity contribution is -0.126. The minimum atomic E-state index is -0.304. The quantitative estimate of drug-likeness (QED) is 0.913. The molecule has 6 nitrogen and oxygen atoms in total. The third-order valence-electron chi connectivity index (χ3n) is 4.58. The molecule has 1 saturated heterocycles. The van der Waals surface area contributed by atoms with Crippen LogP contribution in [0, 0.1) is 5.92 Å². The molecule has 2 heterocycles. The predicted molar refractivity (Wildman–Crippen MR) is 91.9 cm³/mol. The summed E-state index contributed by atoms with van der Waals surface area (Å²) in [6.07, 6.45) is 1.04. The van der Waals surface area contributed by atoms with E-state index in [0.717, 1.165) is 23.4 Å². The van der Waals surface area contributed by atoms with Gasteiger partial charge in [-0.05, 0) is 44.0 Å². The molecule has 128 valence electrons. The van der Waals surface area contributed by atoms with Gasteiger partial charge in [0.1, 0.15) is 0 Å². The monoisotopic (exact) mass is 329 g/mol. The predicted octanol–water partition coefficient (Wildman–Crippen LogP) is 1.47. The molecule has 0 aromatic heterocycles. The maximum absolute atomic E-state index is 12.3. The molecular weight excluding hydrogens is 306 g/mol. The highest BCUT2D eigenvalue weighted by molar-refractivity contribution is 6.01. The van der Waals surface area contributed by atoms with Crippen molar-refractivity contribution in [2.75, 3.05) is 22.9 Å². The third-order valence-corrected chi connectivity index (χ3v) is 4.58. The van der Waals surface area contributed by atoms with Crippen LogP contribution in [0.1, 0.15) is 32.8 Å². The van der Waals surface area contributed by atoms with Gasteiger partial charge < -0.3 is 15.1 Å². The number of carbonyl (C=O) groups is 3. The average molecular weight is 329 g/mol. The van der Waals surface area contributed by atoms with E-state index in [1.54, 1.807) is 16.7 Å². The molecule has 2 aliphatic rings. The summed E-state index contributed by atoms with van der Waals surface area (Å²) in [7, 11) is 0. The van der Waals surface area contributed by atoms with Gasteiger partial charge in [-0.3, -0.25) is 14.4 Å². The first-order valence-corrected chi connectivity index (χ1v) is 8.38. The Morgan fingerprint density at radius 3 is 2.71 bits per heavy atom. The Morgan fingerprint density at radius 2 is 2.04 bits per heavy atom. The number of hydrogen-bond donors (Lipinski definition) is 1.